The number of sulfone groups is 2. The zero-order chi connectivity index (χ0) is 39.6. The maximum atomic E-state index is 13.5. The Morgan fingerprint density at radius 1 is 0.852 bits per heavy atom. The van der Waals surface area contributed by atoms with E-state index in [2.05, 4.69) is 9.97 Å². The molecule has 1 fully saturated rings. The predicted molar refractivity (Wildman–Crippen MR) is 204 cm³/mol. The molecule has 6 rings (SSSR count). The molecule has 54 heavy (non-hydrogen) atoms. The number of ketones is 1. The van der Waals surface area contributed by atoms with Crippen LogP contribution in [0, 0.1) is 0 Å². The summed E-state index contributed by atoms with van der Waals surface area (Å²) < 4.78 is 79.2. The SMILES string of the molecule is CC.CCCC(=O)c1cnc2c(OC)cccc2c1S(=O)(=O)C1CCOC1C.CCOC(=O)c1cnc2c(OC)cccc2c1S(=O)(=O)Cc1ccoc1. The molecule has 290 valence electrons. The lowest BCUT2D eigenvalue weighted by molar-refractivity contribution is 0.0521. The molecule has 2 atom stereocenters. The Kier molecular flexibility index (Phi) is 14.3. The van der Waals surface area contributed by atoms with Crippen LogP contribution in [0.5, 0.6) is 11.5 Å². The minimum absolute atomic E-state index is 0.0576. The number of furan rings is 1. The summed E-state index contributed by atoms with van der Waals surface area (Å²) in [6.45, 7) is 9.81. The second-order valence-electron chi connectivity index (χ2n) is 11.9. The van der Waals surface area contributed by atoms with E-state index in [1.165, 1.54) is 39.1 Å². The molecule has 1 aliphatic heterocycles. The van der Waals surface area contributed by atoms with E-state index >= 15 is 0 Å². The van der Waals surface area contributed by atoms with Gasteiger partial charge in [0.05, 0.1) is 71.4 Å². The Hall–Kier alpha value is -4.86. The summed E-state index contributed by atoms with van der Waals surface area (Å²) >= 11 is 0. The quantitative estimate of drug-likeness (QED) is 0.0918. The van der Waals surface area contributed by atoms with Crippen LogP contribution in [0.15, 0.2) is 81.6 Å². The lowest BCUT2D eigenvalue weighted by Gasteiger charge is -2.19. The van der Waals surface area contributed by atoms with E-state index in [1.54, 1.807) is 56.3 Å². The molecule has 1 saturated heterocycles. The molecule has 1 aliphatic rings. The standard InChI is InChI=1S/C19H23NO5S.C18H17NO6S.C2H6/c1-4-6-15(21)14-11-20-18-13(7-5-8-16(18)24-3)19(14)26(22,23)17-9-10-25-12(17)2;1-3-25-18(20)14-9-19-16-13(5-4-6-15(16)23-2)17(14)26(21,22)11-12-7-8-24-10-12;1-2/h5,7-8,11-12,17H,4,6,9-10H2,1-3H3;4-10H,3,11H2,1-2H3;1-2H3. The summed E-state index contributed by atoms with van der Waals surface area (Å²) in [5.74, 6) is -0.376. The van der Waals surface area contributed by atoms with E-state index in [9.17, 15) is 26.4 Å². The molecule has 2 unspecified atom stereocenters. The Balaban J connectivity index is 0.000000230. The second-order valence-corrected chi connectivity index (χ2v) is 16.0. The van der Waals surface area contributed by atoms with Gasteiger partial charge in [0.2, 0.25) is 0 Å². The minimum atomic E-state index is -3.89. The first-order valence-corrected chi connectivity index (χ1v) is 20.8. The van der Waals surface area contributed by atoms with Crippen LogP contribution in [0.1, 0.15) is 80.2 Å². The van der Waals surface area contributed by atoms with Crippen molar-refractivity contribution in [1.29, 1.82) is 0 Å². The Labute approximate surface area is 315 Å². The van der Waals surface area contributed by atoms with Crippen LogP contribution in [-0.2, 0) is 34.9 Å². The van der Waals surface area contributed by atoms with Gasteiger partial charge in [-0.2, -0.15) is 0 Å². The average molecular weight is 783 g/mol. The van der Waals surface area contributed by atoms with Crippen LogP contribution in [0.2, 0.25) is 0 Å². The van der Waals surface area contributed by atoms with E-state index in [0.717, 1.165) is 0 Å². The number of ether oxygens (including phenoxy) is 4. The number of fused-ring (bicyclic) bond motifs is 2. The van der Waals surface area contributed by atoms with Crippen molar-refractivity contribution in [3.63, 3.8) is 0 Å². The monoisotopic (exact) mass is 782 g/mol. The zero-order valence-electron chi connectivity index (χ0n) is 31.4. The second kappa shape index (κ2) is 18.5. The van der Waals surface area contributed by atoms with Crippen molar-refractivity contribution in [1.82, 2.24) is 9.97 Å². The Morgan fingerprint density at radius 2 is 1.44 bits per heavy atom. The third kappa shape index (κ3) is 8.74. The number of para-hydroxylation sites is 2. The molecule has 15 heteroatoms. The fourth-order valence-corrected chi connectivity index (χ4v) is 10.1. The van der Waals surface area contributed by atoms with Crippen LogP contribution < -0.4 is 9.47 Å². The summed E-state index contributed by atoms with van der Waals surface area (Å²) in [7, 11) is -4.68. The molecule has 0 amide bonds. The zero-order valence-corrected chi connectivity index (χ0v) is 33.1. The average Bonchev–Trinajstić information content (AvgIpc) is 3.86. The van der Waals surface area contributed by atoms with Gasteiger partial charge in [0.25, 0.3) is 0 Å². The number of hydrogen-bond donors (Lipinski definition) is 0. The molecule has 0 spiro atoms. The molecular weight excluding hydrogens is 737 g/mol. The molecule has 5 aromatic rings. The number of rotatable bonds is 12. The van der Waals surface area contributed by atoms with Crippen molar-refractivity contribution in [3.8, 4) is 11.5 Å². The summed E-state index contributed by atoms with van der Waals surface area (Å²) in [6, 6.07) is 11.6. The number of benzene rings is 2. The topological polar surface area (TPSA) is 178 Å². The molecule has 3 aromatic heterocycles. The van der Waals surface area contributed by atoms with Crippen molar-refractivity contribution in [2.45, 2.75) is 80.8 Å². The Morgan fingerprint density at radius 3 is 1.94 bits per heavy atom. The molecule has 0 N–H and O–H groups in total. The van der Waals surface area contributed by atoms with E-state index in [-0.39, 0.29) is 45.5 Å². The van der Waals surface area contributed by atoms with Gasteiger partial charge in [0.1, 0.15) is 22.5 Å². The fraction of sp³-hybridized carbons (Fsp3) is 0.385. The van der Waals surface area contributed by atoms with Gasteiger partial charge in [0.15, 0.2) is 25.5 Å². The van der Waals surface area contributed by atoms with Crippen LogP contribution in [-0.4, -0.2) is 77.3 Å². The molecular formula is C39H46N2O11S2. The third-order valence-corrected chi connectivity index (χ3v) is 12.8. The number of esters is 1. The predicted octanol–water partition coefficient (Wildman–Crippen LogP) is 7.19. The highest BCUT2D eigenvalue weighted by molar-refractivity contribution is 7.92. The van der Waals surface area contributed by atoms with Gasteiger partial charge in [-0.15, -0.1) is 0 Å². The van der Waals surface area contributed by atoms with Crippen LogP contribution >= 0.6 is 0 Å². The van der Waals surface area contributed by atoms with Crippen LogP contribution in [0.25, 0.3) is 21.8 Å². The first-order chi connectivity index (χ1) is 25.9. The van der Waals surface area contributed by atoms with Gasteiger partial charge in [-0.05, 0) is 44.9 Å². The molecule has 4 heterocycles. The molecule has 0 bridgehead atoms. The maximum absolute atomic E-state index is 13.5. The summed E-state index contributed by atoms with van der Waals surface area (Å²) in [6.07, 6.45) is 6.24. The van der Waals surface area contributed by atoms with Crippen molar-refractivity contribution in [2.75, 3.05) is 27.4 Å². The highest BCUT2D eigenvalue weighted by Gasteiger charge is 2.40. The number of pyridine rings is 2. The molecule has 2 aromatic carbocycles. The molecule has 0 radical (unpaired) electrons. The lowest BCUT2D eigenvalue weighted by Crippen LogP contribution is -2.29. The molecule has 13 nitrogen and oxygen atoms in total. The fourth-order valence-electron chi connectivity index (χ4n) is 6.17. The van der Waals surface area contributed by atoms with Gasteiger partial charge < -0.3 is 23.4 Å². The number of methoxy groups -OCH3 is 2. The van der Waals surface area contributed by atoms with E-state index < -0.39 is 37.0 Å². The molecule has 0 aliphatic carbocycles. The summed E-state index contributed by atoms with van der Waals surface area (Å²) in [4.78, 5) is 33.5. The smallest absolute Gasteiger partial charge is 0.341 e. The summed E-state index contributed by atoms with van der Waals surface area (Å²) in [5, 5.41) is 0.0521. The summed E-state index contributed by atoms with van der Waals surface area (Å²) in [5.41, 5.74) is 1.33. The van der Waals surface area contributed by atoms with Crippen molar-refractivity contribution >= 4 is 53.2 Å². The normalized spacial score (nSPS) is 15.5. The van der Waals surface area contributed by atoms with Crippen LogP contribution in [0.4, 0.5) is 0 Å². The van der Waals surface area contributed by atoms with Gasteiger partial charge in [-0.25, -0.2) is 21.6 Å². The van der Waals surface area contributed by atoms with Crippen LogP contribution in [0.3, 0.4) is 0 Å². The van der Waals surface area contributed by atoms with E-state index in [4.69, 9.17) is 23.4 Å². The van der Waals surface area contributed by atoms with Gasteiger partial charge in [0, 0.05) is 41.8 Å². The number of carbonyl (C=O) groups excluding carboxylic acids is 2. The lowest BCUT2D eigenvalue weighted by atomic mass is 10.1. The largest absolute Gasteiger partial charge is 0.494 e. The first-order valence-electron chi connectivity index (χ1n) is 17.6. The van der Waals surface area contributed by atoms with Gasteiger partial charge in [-0.1, -0.05) is 45.0 Å². The van der Waals surface area contributed by atoms with Crippen molar-refractivity contribution in [2.24, 2.45) is 0 Å². The first kappa shape index (κ1) is 41.9. The van der Waals surface area contributed by atoms with Gasteiger partial charge in [-0.3, -0.25) is 14.8 Å². The van der Waals surface area contributed by atoms with Crippen molar-refractivity contribution in [3.05, 3.63) is 84.1 Å². The van der Waals surface area contributed by atoms with E-state index in [1.807, 2.05) is 20.8 Å². The van der Waals surface area contributed by atoms with E-state index in [0.29, 0.717) is 58.3 Å². The Bertz CT molecular complexity index is 2310. The number of Topliss-reactive ketones (excluding diaryl/α,β-unsaturated/α-hetero) is 1. The third-order valence-electron chi connectivity index (χ3n) is 8.57. The number of aromatic nitrogens is 2. The van der Waals surface area contributed by atoms with Crippen molar-refractivity contribution < 1.29 is 49.8 Å². The highest BCUT2D eigenvalue weighted by atomic mass is 32.2. The number of hydrogen-bond acceptors (Lipinski definition) is 13. The number of nitrogens with zero attached hydrogens (tertiary/aromatic N) is 2. The minimum Gasteiger partial charge on any atom is -0.494 e. The maximum Gasteiger partial charge on any atom is 0.341 e. The number of carbonyl (C=O) groups is 2. The molecule has 0 saturated carbocycles. The highest BCUT2D eigenvalue weighted by Crippen LogP contribution is 2.37. The van der Waals surface area contributed by atoms with Gasteiger partial charge >= 0.3 is 5.97 Å².